The van der Waals surface area contributed by atoms with E-state index in [2.05, 4.69) is 18.6 Å². The van der Waals surface area contributed by atoms with E-state index in [0.717, 1.165) is 34.4 Å². The fourth-order valence-corrected chi connectivity index (χ4v) is 5.18. The molecule has 4 aromatic rings. The highest BCUT2D eigenvalue weighted by molar-refractivity contribution is 7.89. The van der Waals surface area contributed by atoms with Gasteiger partial charge < -0.3 is 4.74 Å². The fourth-order valence-electron chi connectivity index (χ4n) is 3.19. The van der Waals surface area contributed by atoms with Crippen LogP contribution in [0.1, 0.15) is 24.2 Å². The molecule has 2 aromatic heterocycles. The number of hydrogen-bond acceptors (Lipinski definition) is 7. The molecule has 0 spiro atoms. The topological polar surface area (TPSA) is 99.0 Å². The fraction of sp³-hybridized carbons (Fsp3) is 0.211. The molecule has 0 radical (unpaired) electrons. The van der Waals surface area contributed by atoms with Gasteiger partial charge in [-0.25, -0.2) is 17.8 Å². The average molecular weight is 430 g/mol. The van der Waals surface area contributed by atoms with Crippen molar-refractivity contribution < 1.29 is 13.2 Å². The average Bonchev–Trinajstić information content (AvgIpc) is 3.34. The van der Waals surface area contributed by atoms with Gasteiger partial charge in [-0.2, -0.15) is 13.8 Å². The van der Waals surface area contributed by atoms with Crippen LogP contribution in [0.3, 0.4) is 0 Å². The number of hydrogen-bond donors (Lipinski definition) is 1. The third-order valence-electron chi connectivity index (χ3n) is 4.70. The number of nitrogens with zero attached hydrogens (tertiary/aromatic N) is 4. The third kappa shape index (κ3) is 3.61. The molecule has 1 N–H and O–H groups in total. The van der Waals surface area contributed by atoms with E-state index < -0.39 is 16.1 Å². The molecule has 0 aliphatic rings. The molecule has 0 aliphatic carbocycles. The Hall–Kier alpha value is -2.82. The van der Waals surface area contributed by atoms with Gasteiger partial charge in [-0.15, -0.1) is 0 Å². The summed E-state index contributed by atoms with van der Waals surface area (Å²) in [6.07, 6.45) is 1.68. The van der Waals surface area contributed by atoms with Gasteiger partial charge in [0.15, 0.2) is 0 Å². The molecule has 0 aliphatic heterocycles. The summed E-state index contributed by atoms with van der Waals surface area (Å²) in [5.74, 6) is 0.755. The molecule has 0 saturated heterocycles. The van der Waals surface area contributed by atoms with E-state index in [9.17, 15) is 8.42 Å². The van der Waals surface area contributed by atoms with Crippen LogP contribution >= 0.6 is 11.7 Å². The lowest BCUT2D eigenvalue weighted by Crippen LogP contribution is -2.27. The van der Waals surface area contributed by atoms with Crippen LogP contribution in [0.25, 0.3) is 16.7 Å². The van der Waals surface area contributed by atoms with E-state index in [1.807, 2.05) is 31.2 Å². The van der Waals surface area contributed by atoms with Gasteiger partial charge in [0.1, 0.15) is 21.7 Å². The van der Waals surface area contributed by atoms with Crippen LogP contribution in [0.2, 0.25) is 0 Å². The summed E-state index contributed by atoms with van der Waals surface area (Å²) in [5, 5.41) is 4.43. The summed E-state index contributed by atoms with van der Waals surface area (Å²) in [6, 6.07) is 12.0. The van der Waals surface area contributed by atoms with Gasteiger partial charge in [0, 0.05) is 17.3 Å². The molecule has 29 heavy (non-hydrogen) atoms. The van der Waals surface area contributed by atoms with Crippen LogP contribution in [-0.2, 0) is 10.0 Å². The molecule has 1 atom stereocenters. The normalized spacial score (nSPS) is 12.9. The molecule has 150 valence electrons. The lowest BCUT2D eigenvalue weighted by molar-refractivity contribution is 0.414. The van der Waals surface area contributed by atoms with Crippen molar-refractivity contribution >= 4 is 32.8 Å². The lowest BCUT2D eigenvalue weighted by Gasteiger charge is -2.15. The number of rotatable bonds is 6. The Bertz CT molecular complexity index is 1260. The van der Waals surface area contributed by atoms with E-state index in [1.54, 1.807) is 37.0 Å². The Kier molecular flexibility index (Phi) is 5.07. The molecule has 0 fully saturated rings. The van der Waals surface area contributed by atoms with E-state index in [-0.39, 0.29) is 4.90 Å². The summed E-state index contributed by atoms with van der Waals surface area (Å²) in [7, 11) is -2.17. The highest BCUT2D eigenvalue weighted by atomic mass is 32.2. The van der Waals surface area contributed by atoms with Crippen LogP contribution in [0, 0.1) is 6.92 Å². The van der Waals surface area contributed by atoms with Crippen molar-refractivity contribution in [2.45, 2.75) is 24.8 Å². The monoisotopic (exact) mass is 429 g/mol. The Balaban J connectivity index is 1.62. The second-order valence-corrected chi connectivity index (χ2v) is 8.74. The minimum atomic E-state index is -3.78. The first-order valence-corrected chi connectivity index (χ1v) is 11.0. The zero-order chi connectivity index (χ0) is 20.6. The van der Waals surface area contributed by atoms with Crippen LogP contribution in [-0.4, -0.2) is 34.1 Å². The SMILES string of the molecule is COc1ccc(-n2ncc(C(C)NS(=O)(=O)c3cccc4nsnc34)c2C)cc1. The first-order valence-electron chi connectivity index (χ1n) is 8.83. The van der Waals surface area contributed by atoms with E-state index >= 15 is 0 Å². The third-order valence-corrected chi connectivity index (χ3v) is 6.82. The van der Waals surface area contributed by atoms with Crippen LogP contribution < -0.4 is 9.46 Å². The second kappa shape index (κ2) is 7.54. The lowest BCUT2D eigenvalue weighted by atomic mass is 10.1. The molecule has 1 unspecified atom stereocenters. The summed E-state index contributed by atoms with van der Waals surface area (Å²) >= 11 is 0.990. The van der Waals surface area contributed by atoms with Gasteiger partial charge in [-0.3, -0.25) is 0 Å². The highest BCUT2D eigenvalue weighted by Crippen LogP contribution is 2.25. The molecule has 2 aromatic carbocycles. The van der Waals surface area contributed by atoms with Crippen molar-refractivity contribution in [1.82, 2.24) is 23.2 Å². The van der Waals surface area contributed by atoms with Gasteiger partial charge in [0.05, 0.1) is 30.7 Å². The molecule has 0 amide bonds. The van der Waals surface area contributed by atoms with E-state index in [1.165, 1.54) is 6.07 Å². The van der Waals surface area contributed by atoms with Gasteiger partial charge in [0.25, 0.3) is 0 Å². The maximum atomic E-state index is 13.0. The second-order valence-electron chi connectivity index (χ2n) is 6.53. The Labute approximate surface area is 172 Å². The highest BCUT2D eigenvalue weighted by Gasteiger charge is 2.24. The van der Waals surface area contributed by atoms with Crippen LogP contribution in [0.5, 0.6) is 5.75 Å². The van der Waals surface area contributed by atoms with Crippen molar-refractivity contribution in [2.75, 3.05) is 7.11 Å². The van der Waals surface area contributed by atoms with Crippen molar-refractivity contribution in [3.63, 3.8) is 0 Å². The number of sulfonamides is 1. The van der Waals surface area contributed by atoms with Crippen molar-refractivity contribution in [3.05, 3.63) is 59.9 Å². The summed E-state index contributed by atoms with van der Waals surface area (Å²) < 4.78 is 43.9. The standard InChI is InChI=1S/C19H19N5O3S2/c1-12(23-29(25,26)18-6-4-5-17-19(18)22-28-21-17)16-11-20-24(13(16)2)14-7-9-15(27-3)10-8-14/h4-12,23H,1-3H3. The molecule has 4 rings (SSSR count). The Morgan fingerprint density at radius 3 is 2.62 bits per heavy atom. The van der Waals surface area contributed by atoms with Crippen LogP contribution in [0.4, 0.5) is 0 Å². The van der Waals surface area contributed by atoms with Crippen molar-refractivity contribution in [3.8, 4) is 11.4 Å². The van der Waals surface area contributed by atoms with Crippen LogP contribution in [0.15, 0.2) is 53.6 Å². The number of methoxy groups -OCH3 is 1. The smallest absolute Gasteiger partial charge is 0.243 e. The minimum Gasteiger partial charge on any atom is -0.497 e. The minimum absolute atomic E-state index is 0.121. The van der Waals surface area contributed by atoms with E-state index in [4.69, 9.17) is 4.74 Å². The predicted octanol–water partition coefficient (Wildman–Crippen LogP) is 3.23. The zero-order valence-corrected chi connectivity index (χ0v) is 17.7. The maximum Gasteiger partial charge on any atom is 0.243 e. The van der Waals surface area contributed by atoms with Gasteiger partial charge in [-0.05, 0) is 50.2 Å². The largest absolute Gasteiger partial charge is 0.497 e. The number of fused-ring (bicyclic) bond motifs is 1. The molecule has 2 heterocycles. The Morgan fingerprint density at radius 1 is 1.14 bits per heavy atom. The molecule has 0 bridgehead atoms. The molecular weight excluding hydrogens is 410 g/mol. The first-order chi connectivity index (χ1) is 13.9. The summed E-state index contributed by atoms with van der Waals surface area (Å²) in [6.45, 7) is 3.70. The van der Waals surface area contributed by atoms with E-state index in [0.29, 0.717) is 11.0 Å². The molecule has 0 saturated carbocycles. The molecular formula is C19H19N5O3S2. The molecule has 10 heteroatoms. The number of ether oxygens (including phenoxy) is 1. The first kappa shape index (κ1) is 19.5. The number of benzene rings is 2. The predicted molar refractivity (Wildman–Crippen MR) is 111 cm³/mol. The maximum absolute atomic E-state index is 13.0. The van der Waals surface area contributed by atoms with Gasteiger partial charge >= 0.3 is 0 Å². The van der Waals surface area contributed by atoms with Crippen molar-refractivity contribution in [2.24, 2.45) is 0 Å². The molecule has 8 nitrogen and oxygen atoms in total. The summed E-state index contributed by atoms with van der Waals surface area (Å²) in [4.78, 5) is 0.121. The van der Waals surface area contributed by atoms with Crippen molar-refractivity contribution in [1.29, 1.82) is 0 Å². The van der Waals surface area contributed by atoms with Gasteiger partial charge in [-0.1, -0.05) is 6.07 Å². The number of nitrogens with one attached hydrogen (secondary N) is 1. The zero-order valence-electron chi connectivity index (χ0n) is 16.0. The van der Waals surface area contributed by atoms with Gasteiger partial charge in [0.2, 0.25) is 10.0 Å². The number of aromatic nitrogens is 4. The Morgan fingerprint density at radius 2 is 1.90 bits per heavy atom. The quantitative estimate of drug-likeness (QED) is 0.505. The summed E-state index contributed by atoms with van der Waals surface area (Å²) in [5.41, 5.74) is 3.44.